The molecule has 6 nitrogen and oxygen atoms in total. The number of nitro groups is 1. The first-order chi connectivity index (χ1) is 8.16. The van der Waals surface area contributed by atoms with Crippen molar-refractivity contribution in [3.63, 3.8) is 0 Å². The van der Waals surface area contributed by atoms with Crippen molar-refractivity contribution in [3.8, 4) is 0 Å². The van der Waals surface area contributed by atoms with Gasteiger partial charge in [-0.25, -0.2) is 4.98 Å². The van der Waals surface area contributed by atoms with Gasteiger partial charge in [0.15, 0.2) is 0 Å². The molecular formula is C11H10N4O2. The Labute approximate surface area is 97.3 Å². The molecule has 0 radical (unpaired) electrons. The number of nitrogens with zero attached hydrogens (tertiary/aromatic N) is 3. The first-order valence-electron chi connectivity index (χ1n) is 4.95. The Balaban J connectivity index is 2.37. The molecule has 86 valence electrons. The van der Waals surface area contributed by atoms with Crippen molar-refractivity contribution in [1.29, 1.82) is 0 Å². The first kappa shape index (κ1) is 11.0. The standard InChI is InChI=1S/C11H10N4O2/c12-11-4-3-10(15(16)17)9(14-11)6-8-2-1-5-13-7-8/h1-5,7H,6H2,(H2,12,14). The van der Waals surface area contributed by atoms with Crippen LogP contribution in [0.1, 0.15) is 11.3 Å². The number of nitrogens with two attached hydrogens (primary N) is 1. The summed E-state index contributed by atoms with van der Waals surface area (Å²) in [4.78, 5) is 18.3. The second-order valence-corrected chi connectivity index (χ2v) is 3.50. The average molecular weight is 230 g/mol. The summed E-state index contributed by atoms with van der Waals surface area (Å²) in [6.45, 7) is 0. The molecule has 0 amide bonds. The lowest BCUT2D eigenvalue weighted by Crippen LogP contribution is -2.02. The Hall–Kier alpha value is -2.50. The van der Waals surface area contributed by atoms with E-state index in [2.05, 4.69) is 9.97 Å². The molecule has 0 bridgehead atoms. The monoisotopic (exact) mass is 230 g/mol. The predicted molar refractivity (Wildman–Crippen MR) is 62.3 cm³/mol. The number of nitrogen functional groups attached to an aromatic ring is 1. The van der Waals surface area contributed by atoms with Crippen molar-refractivity contribution in [2.24, 2.45) is 0 Å². The van der Waals surface area contributed by atoms with Gasteiger partial charge in [-0.1, -0.05) is 6.07 Å². The maximum atomic E-state index is 10.8. The average Bonchev–Trinajstić information content (AvgIpc) is 2.30. The SMILES string of the molecule is Nc1ccc([N+](=O)[O-])c(Cc2cccnc2)n1. The Morgan fingerprint density at radius 3 is 2.82 bits per heavy atom. The van der Waals surface area contributed by atoms with E-state index < -0.39 is 4.92 Å². The normalized spacial score (nSPS) is 10.1. The molecule has 2 aromatic rings. The number of pyridine rings is 2. The van der Waals surface area contributed by atoms with Crippen LogP contribution < -0.4 is 5.73 Å². The van der Waals surface area contributed by atoms with Crippen LogP contribution in [0.25, 0.3) is 0 Å². The van der Waals surface area contributed by atoms with Crippen molar-refractivity contribution in [2.75, 3.05) is 5.73 Å². The van der Waals surface area contributed by atoms with Crippen molar-refractivity contribution < 1.29 is 4.92 Å². The van der Waals surface area contributed by atoms with Gasteiger partial charge in [-0.2, -0.15) is 0 Å². The van der Waals surface area contributed by atoms with Crippen molar-refractivity contribution in [1.82, 2.24) is 9.97 Å². The highest BCUT2D eigenvalue weighted by Gasteiger charge is 2.15. The van der Waals surface area contributed by atoms with E-state index in [1.54, 1.807) is 18.5 Å². The third-order valence-corrected chi connectivity index (χ3v) is 2.26. The van der Waals surface area contributed by atoms with Crippen LogP contribution in [0.2, 0.25) is 0 Å². The Kier molecular flexibility index (Phi) is 2.95. The van der Waals surface area contributed by atoms with Gasteiger partial charge in [0.05, 0.1) is 4.92 Å². The molecule has 0 spiro atoms. The fourth-order valence-corrected chi connectivity index (χ4v) is 1.50. The molecule has 0 fully saturated rings. The van der Waals surface area contributed by atoms with Crippen LogP contribution in [0.5, 0.6) is 0 Å². The van der Waals surface area contributed by atoms with Gasteiger partial charge in [-0.05, 0) is 17.7 Å². The first-order valence-corrected chi connectivity index (χ1v) is 4.95. The summed E-state index contributed by atoms with van der Waals surface area (Å²) in [5.74, 6) is 0.273. The number of hydrogen-bond acceptors (Lipinski definition) is 5. The molecular weight excluding hydrogens is 220 g/mol. The molecule has 6 heteroatoms. The van der Waals surface area contributed by atoms with Crippen LogP contribution in [0.3, 0.4) is 0 Å². The van der Waals surface area contributed by atoms with E-state index in [9.17, 15) is 10.1 Å². The van der Waals surface area contributed by atoms with Gasteiger partial charge >= 0.3 is 0 Å². The number of hydrogen-bond donors (Lipinski definition) is 1. The van der Waals surface area contributed by atoms with Gasteiger partial charge in [0.1, 0.15) is 11.5 Å². The van der Waals surface area contributed by atoms with Gasteiger partial charge in [0.25, 0.3) is 5.69 Å². The van der Waals surface area contributed by atoms with Gasteiger partial charge in [0.2, 0.25) is 0 Å². The second kappa shape index (κ2) is 4.56. The summed E-state index contributed by atoms with van der Waals surface area (Å²) in [5, 5.41) is 10.8. The van der Waals surface area contributed by atoms with Crippen LogP contribution in [-0.4, -0.2) is 14.9 Å². The van der Waals surface area contributed by atoms with Crippen molar-refractivity contribution in [3.05, 3.63) is 58.0 Å². The van der Waals surface area contributed by atoms with Crippen LogP contribution in [-0.2, 0) is 6.42 Å². The van der Waals surface area contributed by atoms with E-state index in [4.69, 9.17) is 5.73 Å². The maximum absolute atomic E-state index is 10.8. The molecule has 0 aliphatic rings. The topological polar surface area (TPSA) is 94.9 Å². The molecule has 0 aliphatic heterocycles. The van der Waals surface area contributed by atoms with Crippen molar-refractivity contribution >= 4 is 11.5 Å². The summed E-state index contributed by atoms with van der Waals surface area (Å²) >= 11 is 0. The highest BCUT2D eigenvalue weighted by molar-refractivity contribution is 5.44. The van der Waals surface area contributed by atoms with Crippen LogP contribution in [0.15, 0.2) is 36.7 Å². The minimum Gasteiger partial charge on any atom is -0.384 e. The summed E-state index contributed by atoms with van der Waals surface area (Å²) in [6.07, 6.45) is 3.63. The zero-order valence-corrected chi connectivity index (χ0v) is 8.91. The zero-order valence-electron chi connectivity index (χ0n) is 8.91. The van der Waals surface area contributed by atoms with Gasteiger partial charge in [0, 0.05) is 24.9 Å². The summed E-state index contributed by atoms with van der Waals surface area (Å²) in [7, 11) is 0. The van der Waals surface area contributed by atoms with E-state index in [0.717, 1.165) is 5.56 Å². The summed E-state index contributed by atoms with van der Waals surface area (Å²) in [6, 6.07) is 6.40. The van der Waals surface area contributed by atoms with E-state index in [-0.39, 0.29) is 11.5 Å². The highest BCUT2D eigenvalue weighted by Crippen LogP contribution is 2.20. The van der Waals surface area contributed by atoms with Gasteiger partial charge < -0.3 is 5.73 Å². The molecule has 0 saturated carbocycles. The number of rotatable bonds is 3. The molecule has 17 heavy (non-hydrogen) atoms. The van der Waals surface area contributed by atoms with Crippen LogP contribution in [0.4, 0.5) is 11.5 Å². The molecule has 0 aliphatic carbocycles. The lowest BCUT2D eigenvalue weighted by molar-refractivity contribution is -0.385. The molecule has 0 aromatic carbocycles. The van der Waals surface area contributed by atoms with Crippen LogP contribution in [0, 0.1) is 10.1 Å². The Morgan fingerprint density at radius 2 is 2.18 bits per heavy atom. The third kappa shape index (κ3) is 2.54. The Morgan fingerprint density at radius 1 is 1.35 bits per heavy atom. The van der Waals surface area contributed by atoms with E-state index in [1.807, 2.05) is 6.07 Å². The van der Waals surface area contributed by atoms with E-state index in [1.165, 1.54) is 12.1 Å². The maximum Gasteiger partial charge on any atom is 0.291 e. The summed E-state index contributed by atoms with van der Waals surface area (Å²) in [5.41, 5.74) is 6.71. The third-order valence-electron chi connectivity index (χ3n) is 2.26. The molecule has 0 atom stereocenters. The van der Waals surface area contributed by atoms with E-state index in [0.29, 0.717) is 12.1 Å². The minimum atomic E-state index is -0.460. The molecule has 2 heterocycles. The largest absolute Gasteiger partial charge is 0.384 e. The minimum absolute atomic E-state index is 0.0250. The zero-order chi connectivity index (χ0) is 12.3. The quantitative estimate of drug-likeness (QED) is 0.637. The van der Waals surface area contributed by atoms with Crippen molar-refractivity contribution in [2.45, 2.75) is 6.42 Å². The molecule has 2 aromatic heterocycles. The molecule has 0 saturated heterocycles. The lowest BCUT2D eigenvalue weighted by atomic mass is 10.1. The second-order valence-electron chi connectivity index (χ2n) is 3.50. The van der Waals surface area contributed by atoms with Gasteiger partial charge in [-0.3, -0.25) is 15.1 Å². The molecule has 0 unspecified atom stereocenters. The smallest absolute Gasteiger partial charge is 0.291 e. The fraction of sp³-hybridized carbons (Fsp3) is 0.0909. The predicted octanol–water partition coefficient (Wildman–Crippen LogP) is 1.56. The summed E-state index contributed by atoms with van der Waals surface area (Å²) < 4.78 is 0. The molecule has 2 N–H and O–H groups in total. The fourth-order valence-electron chi connectivity index (χ4n) is 1.50. The number of aromatic nitrogens is 2. The number of anilines is 1. The van der Waals surface area contributed by atoms with E-state index >= 15 is 0 Å². The van der Waals surface area contributed by atoms with Gasteiger partial charge in [-0.15, -0.1) is 0 Å². The Bertz CT molecular complexity index is 542. The highest BCUT2D eigenvalue weighted by atomic mass is 16.6. The molecule has 2 rings (SSSR count). The lowest BCUT2D eigenvalue weighted by Gasteiger charge is -2.03. The van der Waals surface area contributed by atoms with Crippen LogP contribution >= 0.6 is 0 Å².